The molecule has 0 bridgehead atoms. The van der Waals surface area contributed by atoms with Crippen molar-refractivity contribution in [2.24, 2.45) is 4.99 Å². The molecule has 0 rings (SSSR count). The standard InChI is InChI=1S/C10H17N/c1-5-9(3)7-8-10(4)11-6-2/h6,8H,3,5,7H2,1-2,4H3. The molecule has 0 aromatic rings. The van der Waals surface area contributed by atoms with Crippen LogP contribution in [0.2, 0.25) is 0 Å². The van der Waals surface area contributed by atoms with E-state index in [1.807, 2.05) is 13.8 Å². The second-order valence-corrected chi connectivity index (χ2v) is 2.54. The van der Waals surface area contributed by atoms with Crippen LogP contribution >= 0.6 is 0 Å². The minimum atomic E-state index is 0.958. The van der Waals surface area contributed by atoms with Crippen LogP contribution in [0.3, 0.4) is 0 Å². The second kappa shape index (κ2) is 5.90. The summed E-state index contributed by atoms with van der Waals surface area (Å²) in [6, 6.07) is 0. The van der Waals surface area contributed by atoms with Crippen molar-refractivity contribution in [3.8, 4) is 0 Å². The first kappa shape index (κ1) is 10.2. The predicted octanol–water partition coefficient (Wildman–Crippen LogP) is 3.34. The Balaban J connectivity index is 3.82. The zero-order valence-corrected chi connectivity index (χ0v) is 7.72. The van der Waals surface area contributed by atoms with Gasteiger partial charge in [0.05, 0.1) is 0 Å². The van der Waals surface area contributed by atoms with Crippen LogP contribution < -0.4 is 0 Å². The van der Waals surface area contributed by atoms with Gasteiger partial charge in [-0.05, 0) is 26.7 Å². The summed E-state index contributed by atoms with van der Waals surface area (Å²) in [5, 5.41) is 0. The van der Waals surface area contributed by atoms with Crippen LogP contribution in [-0.2, 0) is 0 Å². The summed E-state index contributed by atoms with van der Waals surface area (Å²) in [7, 11) is 0. The van der Waals surface area contributed by atoms with E-state index in [-0.39, 0.29) is 0 Å². The van der Waals surface area contributed by atoms with E-state index in [0.29, 0.717) is 0 Å². The van der Waals surface area contributed by atoms with E-state index in [1.54, 1.807) is 6.21 Å². The van der Waals surface area contributed by atoms with Gasteiger partial charge in [0.2, 0.25) is 0 Å². The smallest absolute Gasteiger partial charge is 0.0332 e. The van der Waals surface area contributed by atoms with Crippen LogP contribution in [0, 0.1) is 0 Å². The van der Waals surface area contributed by atoms with Gasteiger partial charge in [0.25, 0.3) is 0 Å². The Morgan fingerprint density at radius 3 is 2.64 bits per heavy atom. The molecule has 62 valence electrons. The van der Waals surface area contributed by atoms with E-state index in [9.17, 15) is 0 Å². The lowest BCUT2D eigenvalue weighted by Gasteiger charge is -1.96. The third-order valence-electron chi connectivity index (χ3n) is 1.52. The van der Waals surface area contributed by atoms with Crippen LogP contribution in [0.1, 0.15) is 33.6 Å². The highest BCUT2D eigenvalue weighted by molar-refractivity contribution is 5.55. The van der Waals surface area contributed by atoms with Gasteiger partial charge in [-0.25, -0.2) is 0 Å². The Bertz CT molecular complexity index is 175. The highest BCUT2D eigenvalue weighted by Gasteiger charge is 1.86. The van der Waals surface area contributed by atoms with Gasteiger partial charge in [-0.1, -0.05) is 25.2 Å². The van der Waals surface area contributed by atoms with E-state index < -0.39 is 0 Å². The normalized spacial score (nSPS) is 12.5. The molecule has 0 atom stereocenters. The van der Waals surface area contributed by atoms with Gasteiger partial charge < -0.3 is 0 Å². The van der Waals surface area contributed by atoms with Crippen LogP contribution in [0.4, 0.5) is 0 Å². The molecule has 0 heterocycles. The fourth-order valence-corrected chi connectivity index (χ4v) is 0.693. The minimum Gasteiger partial charge on any atom is -0.267 e. The monoisotopic (exact) mass is 151 g/mol. The maximum Gasteiger partial charge on any atom is 0.0332 e. The summed E-state index contributed by atoms with van der Waals surface area (Å²) in [5.74, 6) is 0. The third kappa shape index (κ3) is 5.59. The van der Waals surface area contributed by atoms with Crippen molar-refractivity contribution in [2.75, 3.05) is 0 Å². The first-order valence-electron chi connectivity index (χ1n) is 4.02. The van der Waals surface area contributed by atoms with Crippen molar-refractivity contribution >= 4 is 6.21 Å². The van der Waals surface area contributed by atoms with Crippen LogP contribution in [0.15, 0.2) is 28.9 Å². The highest BCUT2D eigenvalue weighted by atomic mass is 14.7. The first-order chi connectivity index (χ1) is 5.20. The van der Waals surface area contributed by atoms with Crippen molar-refractivity contribution in [1.82, 2.24) is 0 Å². The Morgan fingerprint density at radius 2 is 2.18 bits per heavy atom. The lowest BCUT2D eigenvalue weighted by Crippen LogP contribution is -1.76. The summed E-state index contributed by atoms with van der Waals surface area (Å²) in [4.78, 5) is 4.13. The van der Waals surface area contributed by atoms with Gasteiger partial charge >= 0.3 is 0 Å². The largest absolute Gasteiger partial charge is 0.267 e. The molecule has 0 aromatic heterocycles. The number of allylic oxidation sites excluding steroid dienone is 3. The third-order valence-corrected chi connectivity index (χ3v) is 1.52. The summed E-state index contributed by atoms with van der Waals surface area (Å²) in [6.07, 6.45) is 5.92. The van der Waals surface area contributed by atoms with E-state index in [1.165, 1.54) is 5.57 Å². The van der Waals surface area contributed by atoms with Crippen molar-refractivity contribution in [2.45, 2.75) is 33.6 Å². The molecular formula is C10H17N. The average Bonchev–Trinajstić information content (AvgIpc) is 2.01. The minimum absolute atomic E-state index is 0.958. The molecule has 0 aliphatic carbocycles. The van der Waals surface area contributed by atoms with Gasteiger partial charge in [-0.2, -0.15) is 0 Å². The number of rotatable bonds is 4. The molecule has 11 heavy (non-hydrogen) atoms. The Labute approximate surface area is 69.5 Å². The first-order valence-corrected chi connectivity index (χ1v) is 4.02. The second-order valence-electron chi connectivity index (χ2n) is 2.54. The number of hydrogen-bond donors (Lipinski definition) is 0. The van der Waals surface area contributed by atoms with Crippen LogP contribution in [0.5, 0.6) is 0 Å². The summed E-state index contributed by atoms with van der Waals surface area (Å²) in [5.41, 5.74) is 2.33. The summed E-state index contributed by atoms with van der Waals surface area (Å²) < 4.78 is 0. The SMILES string of the molecule is C=C(CC)CC=C(C)N=CC. The maximum absolute atomic E-state index is 4.13. The molecular weight excluding hydrogens is 134 g/mol. The Morgan fingerprint density at radius 1 is 1.55 bits per heavy atom. The van der Waals surface area contributed by atoms with Crippen LogP contribution in [0.25, 0.3) is 0 Å². The van der Waals surface area contributed by atoms with Gasteiger partial charge in [0.1, 0.15) is 0 Å². The topological polar surface area (TPSA) is 12.4 Å². The van der Waals surface area contributed by atoms with Crippen LogP contribution in [-0.4, -0.2) is 6.21 Å². The lowest BCUT2D eigenvalue weighted by molar-refractivity contribution is 1.03. The van der Waals surface area contributed by atoms with E-state index in [0.717, 1.165) is 18.5 Å². The van der Waals surface area contributed by atoms with Gasteiger partial charge in [0.15, 0.2) is 0 Å². The fraction of sp³-hybridized carbons (Fsp3) is 0.500. The molecule has 0 fully saturated rings. The van der Waals surface area contributed by atoms with Crippen molar-refractivity contribution < 1.29 is 0 Å². The zero-order valence-electron chi connectivity index (χ0n) is 7.72. The fourth-order valence-electron chi connectivity index (χ4n) is 0.693. The molecule has 0 saturated heterocycles. The Hall–Kier alpha value is -0.850. The average molecular weight is 151 g/mol. The van der Waals surface area contributed by atoms with Gasteiger partial charge in [0, 0.05) is 11.9 Å². The Kier molecular flexibility index (Phi) is 5.44. The quantitative estimate of drug-likeness (QED) is 0.431. The predicted molar refractivity (Wildman–Crippen MR) is 52.0 cm³/mol. The number of hydrogen-bond acceptors (Lipinski definition) is 1. The lowest BCUT2D eigenvalue weighted by atomic mass is 10.1. The molecule has 0 N–H and O–H groups in total. The molecule has 0 aliphatic rings. The highest BCUT2D eigenvalue weighted by Crippen LogP contribution is 2.06. The molecule has 0 unspecified atom stereocenters. The van der Waals surface area contributed by atoms with E-state index in [4.69, 9.17) is 0 Å². The van der Waals surface area contributed by atoms with Crippen molar-refractivity contribution in [1.29, 1.82) is 0 Å². The molecule has 0 aromatic carbocycles. The number of aliphatic imine (C=N–C) groups is 1. The molecule has 0 amide bonds. The molecule has 1 nitrogen and oxygen atoms in total. The van der Waals surface area contributed by atoms with Gasteiger partial charge in [-0.3, -0.25) is 4.99 Å². The molecule has 0 aliphatic heterocycles. The molecule has 1 heteroatoms. The van der Waals surface area contributed by atoms with Crippen molar-refractivity contribution in [3.05, 3.63) is 23.9 Å². The zero-order chi connectivity index (χ0) is 8.69. The maximum atomic E-state index is 4.13. The molecule has 0 saturated carbocycles. The number of nitrogens with zero attached hydrogens (tertiary/aromatic N) is 1. The summed E-state index contributed by atoms with van der Waals surface area (Å²) in [6.45, 7) is 9.95. The van der Waals surface area contributed by atoms with E-state index in [2.05, 4.69) is 24.6 Å². The molecule has 0 spiro atoms. The molecule has 0 radical (unpaired) electrons. The summed E-state index contributed by atoms with van der Waals surface area (Å²) >= 11 is 0. The van der Waals surface area contributed by atoms with Gasteiger partial charge in [-0.15, -0.1) is 0 Å². The van der Waals surface area contributed by atoms with Crippen molar-refractivity contribution in [3.63, 3.8) is 0 Å². The van der Waals surface area contributed by atoms with E-state index >= 15 is 0 Å².